The predicted molar refractivity (Wildman–Crippen MR) is 141 cm³/mol. The minimum atomic E-state index is -0.903. The lowest BCUT2D eigenvalue weighted by molar-refractivity contribution is -0.155. The number of rotatable bonds is 13. The molecule has 3 aromatic rings. The van der Waals surface area contributed by atoms with Crippen molar-refractivity contribution in [3.05, 3.63) is 108 Å². The molecule has 190 valence electrons. The van der Waals surface area contributed by atoms with Gasteiger partial charge in [-0.3, -0.25) is 9.59 Å². The van der Waals surface area contributed by atoms with Crippen LogP contribution in [0.25, 0.3) is 0 Å². The summed E-state index contributed by atoms with van der Waals surface area (Å²) in [6, 6.07) is 29.4. The monoisotopic (exact) mass is 488 g/mol. The van der Waals surface area contributed by atoms with Gasteiger partial charge in [0.25, 0.3) is 0 Å². The highest BCUT2D eigenvalue weighted by molar-refractivity contribution is 5.85. The molecule has 0 aliphatic carbocycles. The Morgan fingerprint density at radius 2 is 1.08 bits per heavy atom. The molecule has 0 radical (unpaired) electrons. The van der Waals surface area contributed by atoms with E-state index in [0.29, 0.717) is 13.2 Å². The molecule has 3 aromatic carbocycles. The summed E-state index contributed by atoms with van der Waals surface area (Å²) in [6.07, 6.45) is -0.435. The smallest absolute Gasteiger partial charge is 0.221 e. The third-order valence-electron chi connectivity index (χ3n) is 5.99. The maximum atomic E-state index is 13.4. The molecule has 0 saturated carbocycles. The third kappa shape index (κ3) is 6.80. The first-order valence-electron chi connectivity index (χ1n) is 12.5. The number of carbonyl (C=O) groups excluding carboxylic acids is 2. The minimum absolute atomic E-state index is 0.0424. The van der Waals surface area contributed by atoms with Gasteiger partial charge in [0.2, 0.25) is 11.8 Å². The van der Waals surface area contributed by atoms with Gasteiger partial charge in [0.1, 0.15) is 5.54 Å². The van der Waals surface area contributed by atoms with E-state index in [1.165, 1.54) is 0 Å². The van der Waals surface area contributed by atoms with Crippen LogP contribution in [-0.2, 0) is 24.6 Å². The van der Waals surface area contributed by atoms with Crippen LogP contribution in [0.1, 0.15) is 50.3 Å². The lowest BCUT2D eigenvalue weighted by atomic mass is 9.77. The van der Waals surface area contributed by atoms with E-state index in [4.69, 9.17) is 9.47 Å². The summed E-state index contributed by atoms with van der Waals surface area (Å²) in [7, 11) is 0. The van der Waals surface area contributed by atoms with Crippen molar-refractivity contribution >= 4 is 11.8 Å². The second-order valence-corrected chi connectivity index (χ2v) is 8.53. The van der Waals surface area contributed by atoms with Gasteiger partial charge in [-0.2, -0.15) is 0 Å². The van der Waals surface area contributed by atoms with Crippen molar-refractivity contribution in [2.24, 2.45) is 0 Å². The molecular formula is C30H36N2O4. The molecule has 0 saturated heterocycles. The quantitative estimate of drug-likeness (QED) is 0.268. The summed E-state index contributed by atoms with van der Waals surface area (Å²) in [5.74, 6) is -0.452. The Hall–Kier alpha value is -3.48. The maximum absolute atomic E-state index is 13.4. The van der Waals surface area contributed by atoms with E-state index in [2.05, 4.69) is 10.6 Å². The molecule has 36 heavy (non-hydrogen) atoms. The molecule has 0 bridgehead atoms. The van der Waals surface area contributed by atoms with Gasteiger partial charge in [-0.15, -0.1) is 0 Å². The van der Waals surface area contributed by atoms with Crippen LogP contribution < -0.4 is 10.6 Å². The fourth-order valence-electron chi connectivity index (χ4n) is 4.34. The number of ether oxygens (including phenoxy) is 2. The standard InChI is InChI=1S/C30H36N2O4/c1-4-35-29(36-5-2)23(3)31-27(33)21-22-28(34)32-30(24-15-9-6-10-16-24,25-17-11-7-12-18-25)26-19-13-8-14-20-26/h6-20,23,29H,4-5,21-22H2,1-3H3,(H,31,33)(H,32,34)/t23-/m0/s1. The molecule has 1 atom stereocenters. The molecule has 0 aliphatic rings. The molecule has 0 aromatic heterocycles. The van der Waals surface area contributed by atoms with Crippen molar-refractivity contribution in [2.45, 2.75) is 51.5 Å². The highest BCUT2D eigenvalue weighted by Gasteiger charge is 2.37. The first-order valence-corrected chi connectivity index (χ1v) is 12.5. The average Bonchev–Trinajstić information content (AvgIpc) is 2.92. The lowest BCUT2D eigenvalue weighted by Crippen LogP contribution is -2.48. The van der Waals surface area contributed by atoms with Gasteiger partial charge in [0, 0.05) is 26.1 Å². The van der Waals surface area contributed by atoms with Crippen LogP contribution in [0.4, 0.5) is 0 Å². The van der Waals surface area contributed by atoms with E-state index in [0.717, 1.165) is 16.7 Å². The van der Waals surface area contributed by atoms with Gasteiger partial charge in [-0.25, -0.2) is 0 Å². The zero-order valence-corrected chi connectivity index (χ0v) is 21.3. The molecule has 2 amide bonds. The maximum Gasteiger partial charge on any atom is 0.221 e. The van der Waals surface area contributed by atoms with Crippen LogP contribution in [0.15, 0.2) is 91.0 Å². The van der Waals surface area contributed by atoms with E-state index in [-0.39, 0.29) is 30.7 Å². The van der Waals surface area contributed by atoms with Crippen LogP contribution >= 0.6 is 0 Å². The molecule has 0 spiro atoms. The number of benzene rings is 3. The summed E-state index contributed by atoms with van der Waals surface area (Å²) >= 11 is 0. The Balaban J connectivity index is 1.81. The Bertz CT molecular complexity index is 971. The van der Waals surface area contributed by atoms with Gasteiger partial charge < -0.3 is 20.1 Å². The van der Waals surface area contributed by atoms with Crippen molar-refractivity contribution < 1.29 is 19.1 Å². The Morgan fingerprint density at radius 1 is 0.694 bits per heavy atom. The van der Waals surface area contributed by atoms with E-state index >= 15 is 0 Å². The largest absolute Gasteiger partial charge is 0.351 e. The van der Waals surface area contributed by atoms with Gasteiger partial charge in [-0.1, -0.05) is 91.0 Å². The highest BCUT2D eigenvalue weighted by atomic mass is 16.7. The second kappa shape index (κ2) is 13.6. The topological polar surface area (TPSA) is 76.7 Å². The summed E-state index contributed by atoms with van der Waals surface area (Å²) in [5, 5.41) is 6.18. The first kappa shape index (κ1) is 27.1. The molecular weight excluding hydrogens is 452 g/mol. The van der Waals surface area contributed by atoms with Gasteiger partial charge in [0.15, 0.2) is 6.29 Å². The van der Waals surface area contributed by atoms with E-state index < -0.39 is 11.8 Å². The number of hydrogen-bond donors (Lipinski definition) is 2. The molecule has 6 nitrogen and oxygen atoms in total. The van der Waals surface area contributed by atoms with Crippen LogP contribution in [0.2, 0.25) is 0 Å². The summed E-state index contributed by atoms with van der Waals surface area (Å²) < 4.78 is 11.1. The number of amides is 2. The molecule has 6 heteroatoms. The Kier molecular flexibility index (Phi) is 10.2. The SMILES string of the molecule is CCOC(OCC)[C@H](C)NC(=O)CCC(=O)NC(c1ccccc1)(c1ccccc1)c1ccccc1. The van der Waals surface area contributed by atoms with Gasteiger partial charge in [0.05, 0.1) is 6.04 Å². The Labute approximate surface area is 214 Å². The van der Waals surface area contributed by atoms with Crippen molar-refractivity contribution in [1.82, 2.24) is 10.6 Å². The molecule has 0 unspecified atom stereocenters. The highest BCUT2D eigenvalue weighted by Crippen LogP contribution is 2.36. The molecule has 3 rings (SSSR count). The van der Waals surface area contributed by atoms with E-state index in [9.17, 15) is 9.59 Å². The number of nitrogens with one attached hydrogen (secondary N) is 2. The zero-order valence-electron chi connectivity index (χ0n) is 21.3. The average molecular weight is 489 g/mol. The summed E-state index contributed by atoms with van der Waals surface area (Å²) in [4.78, 5) is 26.0. The van der Waals surface area contributed by atoms with Crippen LogP contribution in [0, 0.1) is 0 Å². The molecule has 0 aliphatic heterocycles. The van der Waals surface area contributed by atoms with Crippen molar-refractivity contribution in [2.75, 3.05) is 13.2 Å². The first-order chi connectivity index (χ1) is 17.5. The lowest BCUT2D eigenvalue weighted by Gasteiger charge is -2.37. The van der Waals surface area contributed by atoms with E-state index in [1.54, 1.807) is 0 Å². The zero-order chi connectivity index (χ0) is 25.8. The normalized spacial score (nSPS) is 12.2. The van der Waals surface area contributed by atoms with Crippen molar-refractivity contribution in [3.8, 4) is 0 Å². The van der Waals surface area contributed by atoms with Crippen molar-refractivity contribution in [3.63, 3.8) is 0 Å². The number of hydrogen-bond acceptors (Lipinski definition) is 4. The molecule has 0 fully saturated rings. The van der Waals surface area contributed by atoms with Crippen molar-refractivity contribution in [1.29, 1.82) is 0 Å². The predicted octanol–water partition coefficient (Wildman–Crippen LogP) is 4.78. The minimum Gasteiger partial charge on any atom is -0.351 e. The van der Waals surface area contributed by atoms with Gasteiger partial charge in [-0.05, 0) is 37.5 Å². The number of carbonyl (C=O) groups is 2. The summed E-state index contributed by atoms with van der Waals surface area (Å²) in [6.45, 7) is 6.55. The summed E-state index contributed by atoms with van der Waals surface area (Å²) in [5.41, 5.74) is 1.90. The third-order valence-corrected chi connectivity index (χ3v) is 5.99. The fraction of sp³-hybridized carbons (Fsp3) is 0.333. The Morgan fingerprint density at radius 3 is 1.47 bits per heavy atom. The molecule has 0 heterocycles. The van der Waals surface area contributed by atoms with E-state index in [1.807, 2.05) is 112 Å². The molecule has 2 N–H and O–H groups in total. The fourth-order valence-corrected chi connectivity index (χ4v) is 4.34. The second-order valence-electron chi connectivity index (χ2n) is 8.53. The van der Waals surface area contributed by atoms with Crippen LogP contribution in [0.3, 0.4) is 0 Å². The van der Waals surface area contributed by atoms with Gasteiger partial charge >= 0.3 is 0 Å². The van der Waals surface area contributed by atoms with Crippen LogP contribution in [0.5, 0.6) is 0 Å². The van der Waals surface area contributed by atoms with Crippen LogP contribution in [-0.4, -0.2) is 37.4 Å².